The van der Waals surface area contributed by atoms with Gasteiger partial charge in [-0.2, -0.15) is 0 Å². The highest BCUT2D eigenvalue weighted by molar-refractivity contribution is 9.11. The molecule has 1 aliphatic heterocycles. The fourth-order valence-electron chi connectivity index (χ4n) is 2.95. The lowest BCUT2D eigenvalue weighted by molar-refractivity contribution is -0.143. The van der Waals surface area contributed by atoms with Gasteiger partial charge in [-0.25, -0.2) is 14.5 Å². The van der Waals surface area contributed by atoms with E-state index in [2.05, 4.69) is 47.2 Å². The number of halogens is 2. The van der Waals surface area contributed by atoms with Crippen LogP contribution in [-0.4, -0.2) is 56.1 Å². The van der Waals surface area contributed by atoms with Crippen LogP contribution in [0.3, 0.4) is 0 Å². The number of hydrogen-bond donors (Lipinski definition) is 2. The zero-order chi connectivity index (χ0) is 24.8. The second-order valence-corrected chi connectivity index (χ2v) is 8.52. The third-order valence-electron chi connectivity index (χ3n) is 4.54. The maximum Gasteiger partial charge on any atom is 0.343 e. The van der Waals surface area contributed by atoms with Crippen molar-refractivity contribution in [1.29, 1.82) is 0 Å². The summed E-state index contributed by atoms with van der Waals surface area (Å²) in [6, 6.07) is 9.34. The molecule has 1 aliphatic rings. The number of nitrogens with one attached hydrogen (secondary N) is 2. The van der Waals surface area contributed by atoms with Crippen LogP contribution in [0.1, 0.15) is 5.56 Å². The van der Waals surface area contributed by atoms with E-state index in [-0.39, 0.29) is 12.3 Å². The highest BCUT2D eigenvalue weighted by atomic mass is 79.9. The molecule has 0 aliphatic carbocycles. The largest absolute Gasteiger partial charge is 0.495 e. The summed E-state index contributed by atoms with van der Waals surface area (Å²) in [7, 11) is 2.72. The standard InChI is InChI=1S/C22H19Br2N3O7/c1-32-17-6-4-3-5-15(17)25-18(28)10-27-21(30)16(26-22(27)31)9-12-7-13(23)20(14(24)8-12)34-11-19(29)33-2/h3-9H,10-11H2,1-2H3,(H,25,28)(H,26,31)/b16-9+. The van der Waals surface area contributed by atoms with Gasteiger partial charge in [0.25, 0.3) is 5.91 Å². The molecule has 0 unspecified atom stereocenters. The SMILES string of the molecule is COC(=O)COc1c(Br)cc(/C=C2/NC(=O)N(CC(=O)Nc3ccccc3OC)C2=O)cc1Br. The molecular weight excluding hydrogens is 578 g/mol. The number of hydrogen-bond acceptors (Lipinski definition) is 7. The number of benzene rings is 2. The molecule has 0 aromatic heterocycles. The molecule has 4 amide bonds. The summed E-state index contributed by atoms with van der Waals surface area (Å²) in [5, 5.41) is 5.09. The van der Waals surface area contributed by atoms with Gasteiger partial charge < -0.3 is 24.8 Å². The van der Waals surface area contributed by atoms with E-state index in [9.17, 15) is 19.2 Å². The second-order valence-electron chi connectivity index (χ2n) is 6.81. The van der Waals surface area contributed by atoms with Crippen LogP contribution in [0.2, 0.25) is 0 Å². The number of ether oxygens (including phenoxy) is 3. The summed E-state index contributed by atoms with van der Waals surface area (Å²) in [4.78, 5) is 49.6. The van der Waals surface area contributed by atoms with Crippen molar-refractivity contribution in [2.24, 2.45) is 0 Å². The van der Waals surface area contributed by atoms with Crippen LogP contribution in [0.25, 0.3) is 6.08 Å². The summed E-state index contributed by atoms with van der Waals surface area (Å²) >= 11 is 6.70. The molecule has 0 spiro atoms. The number of methoxy groups -OCH3 is 2. The van der Waals surface area contributed by atoms with Gasteiger partial charge >= 0.3 is 12.0 Å². The molecule has 10 nitrogen and oxygen atoms in total. The molecule has 2 N–H and O–H groups in total. The van der Waals surface area contributed by atoms with E-state index < -0.39 is 30.4 Å². The van der Waals surface area contributed by atoms with E-state index in [1.54, 1.807) is 36.4 Å². The second kappa shape index (κ2) is 11.2. The van der Waals surface area contributed by atoms with Crippen LogP contribution >= 0.6 is 31.9 Å². The number of nitrogens with zero attached hydrogens (tertiary/aromatic N) is 1. The third-order valence-corrected chi connectivity index (χ3v) is 5.72. The minimum absolute atomic E-state index is 0.00267. The first-order valence-corrected chi connectivity index (χ1v) is 11.3. The van der Waals surface area contributed by atoms with E-state index in [1.165, 1.54) is 20.3 Å². The fourth-order valence-corrected chi connectivity index (χ4v) is 4.40. The number of carbonyl (C=O) groups excluding carboxylic acids is 4. The quantitative estimate of drug-likeness (QED) is 0.272. The van der Waals surface area contributed by atoms with E-state index >= 15 is 0 Å². The molecule has 178 valence electrons. The Morgan fingerprint density at radius 2 is 1.79 bits per heavy atom. The number of imide groups is 1. The Morgan fingerprint density at radius 3 is 2.44 bits per heavy atom. The smallest absolute Gasteiger partial charge is 0.343 e. The molecule has 0 atom stereocenters. The van der Waals surface area contributed by atoms with E-state index in [0.29, 0.717) is 31.7 Å². The predicted molar refractivity (Wildman–Crippen MR) is 129 cm³/mol. The van der Waals surface area contributed by atoms with Crippen molar-refractivity contribution in [2.75, 3.05) is 32.7 Å². The van der Waals surface area contributed by atoms with E-state index in [4.69, 9.17) is 9.47 Å². The van der Waals surface area contributed by atoms with Crippen LogP contribution in [0.4, 0.5) is 10.5 Å². The first-order valence-electron chi connectivity index (χ1n) is 9.69. The number of urea groups is 1. The molecule has 0 saturated carbocycles. The Labute approximate surface area is 211 Å². The Balaban J connectivity index is 1.72. The molecule has 12 heteroatoms. The summed E-state index contributed by atoms with van der Waals surface area (Å²) in [5.41, 5.74) is 0.965. The highest BCUT2D eigenvalue weighted by Gasteiger charge is 2.35. The minimum atomic E-state index is -0.720. The number of para-hydroxylation sites is 2. The molecule has 34 heavy (non-hydrogen) atoms. The first-order chi connectivity index (χ1) is 16.2. The summed E-state index contributed by atoms with van der Waals surface area (Å²) in [6.07, 6.45) is 1.46. The van der Waals surface area contributed by atoms with Crippen LogP contribution < -0.4 is 20.1 Å². The van der Waals surface area contributed by atoms with Crippen LogP contribution in [0.5, 0.6) is 11.5 Å². The average molecular weight is 597 g/mol. The lowest BCUT2D eigenvalue weighted by Crippen LogP contribution is -2.38. The Bertz CT molecular complexity index is 1160. The Kier molecular flexibility index (Phi) is 8.29. The van der Waals surface area contributed by atoms with Crippen LogP contribution in [0, 0.1) is 0 Å². The Morgan fingerprint density at radius 1 is 1.12 bits per heavy atom. The lowest BCUT2D eigenvalue weighted by atomic mass is 10.2. The third kappa shape index (κ3) is 5.94. The molecule has 1 heterocycles. The van der Waals surface area contributed by atoms with Crippen LogP contribution in [-0.2, 0) is 19.1 Å². The lowest BCUT2D eigenvalue weighted by Gasteiger charge is -2.13. The van der Waals surface area contributed by atoms with Gasteiger partial charge in [-0.1, -0.05) is 12.1 Å². The molecule has 2 aromatic carbocycles. The van der Waals surface area contributed by atoms with Gasteiger partial charge in [0.05, 0.1) is 28.9 Å². The predicted octanol–water partition coefficient (Wildman–Crippen LogP) is 3.30. The van der Waals surface area contributed by atoms with Crippen molar-refractivity contribution in [3.8, 4) is 11.5 Å². The van der Waals surface area contributed by atoms with Gasteiger partial charge in [0, 0.05) is 0 Å². The molecule has 0 radical (unpaired) electrons. The molecular formula is C22H19Br2N3O7. The number of esters is 1. The van der Waals surface area contributed by atoms with Crippen molar-refractivity contribution in [2.45, 2.75) is 0 Å². The maximum absolute atomic E-state index is 12.7. The average Bonchev–Trinajstić information content (AvgIpc) is 3.05. The van der Waals surface area contributed by atoms with E-state index in [0.717, 1.165) is 4.90 Å². The maximum atomic E-state index is 12.7. The highest BCUT2D eigenvalue weighted by Crippen LogP contribution is 2.35. The molecule has 0 bridgehead atoms. The minimum Gasteiger partial charge on any atom is -0.495 e. The van der Waals surface area contributed by atoms with Crippen molar-refractivity contribution >= 4 is 67.4 Å². The normalized spacial score (nSPS) is 14.1. The molecule has 1 saturated heterocycles. The summed E-state index contributed by atoms with van der Waals surface area (Å²) in [6.45, 7) is -0.762. The van der Waals surface area contributed by atoms with Gasteiger partial charge in [0.15, 0.2) is 6.61 Å². The molecule has 2 aromatic rings. The topological polar surface area (TPSA) is 123 Å². The van der Waals surface area contributed by atoms with Gasteiger partial charge in [0.1, 0.15) is 23.7 Å². The first kappa shape index (κ1) is 25.2. The summed E-state index contributed by atoms with van der Waals surface area (Å²) < 4.78 is 16.2. The zero-order valence-electron chi connectivity index (χ0n) is 18.0. The number of anilines is 1. The van der Waals surface area contributed by atoms with Gasteiger partial charge in [0.2, 0.25) is 5.91 Å². The van der Waals surface area contributed by atoms with Crippen molar-refractivity contribution < 1.29 is 33.4 Å². The van der Waals surface area contributed by atoms with Crippen LogP contribution in [0.15, 0.2) is 51.0 Å². The van der Waals surface area contributed by atoms with Crippen molar-refractivity contribution in [1.82, 2.24) is 10.2 Å². The zero-order valence-corrected chi connectivity index (χ0v) is 21.2. The number of rotatable bonds is 8. The molecule has 3 rings (SSSR count). The number of carbonyl (C=O) groups is 4. The van der Waals surface area contributed by atoms with Gasteiger partial charge in [-0.3, -0.25) is 9.59 Å². The van der Waals surface area contributed by atoms with Gasteiger partial charge in [-0.05, 0) is 67.8 Å². The molecule has 1 fully saturated rings. The monoisotopic (exact) mass is 595 g/mol. The van der Waals surface area contributed by atoms with Gasteiger partial charge in [-0.15, -0.1) is 0 Å². The number of amides is 4. The van der Waals surface area contributed by atoms with Crippen molar-refractivity contribution in [3.63, 3.8) is 0 Å². The summed E-state index contributed by atoms with van der Waals surface area (Å²) in [5.74, 6) is -0.947. The van der Waals surface area contributed by atoms with Crippen molar-refractivity contribution in [3.05, 3.63) is 56.6 Å². The van der Waals surface area contributed by atoms with E-state index in [1.807, 2.05) is 0 Å². The Hall–Kier alpha value is -3.38. The fraction of sp³-hybridized carbons (Fsp3) is 0.182.